The molecule has 0 aromatic carbocycles. The molecule has 2 fully saturated rings. The van der Waals surface area contributed by atoms with Crippen LogP contribution in [-0.2, 0) is 23.7 Å². The highest BCUT2D eigenvalue weighted by atomic mass is 16.8. The zero-order chi connectivity index (χ0) is 22.8. The molecule has 5 heterocycles. The molecule has 0 unspecified atom stereocenters. The van der Waals surface area contributed by atoms with E-state index in [4.69, 9.17) is 24.7 Å². The summed E-state index contributed by atoms with van der Waals surface area (Å²) in [6.45, 7) is 5.00. The summed E-state index contributed by atoms with van der Waals surface area (Å²) in [6, 6.07) is 1.22. The predicted molar refractivity (Wildman–Crippen MR) is 112 cm³/mol. The first kappa shape index (κ1) is 20.2. The molecule has 2 aromatic rings. The molecule has 0 radical (unpaired) electrons. The number of ether oxygens (including phenoxy) is 4. The Labute approximate surface area is 181 Å². The maximum Gasteiger partial charge on any atom is 0.509 e. The molecule has 2 saturated heterocycles. The fourth-order valence-electron chi connectivity index (χ4n) is 4.23. The van der Waals surface area contributed by atoms with Crippen LogP contribution in [0.15, 0.2) is 22.1 Å². The lowest BCUT2D eigenvalue weighted by molar-refractivity contribution is -0.154. The number of hydrogen-bond acceptors (Lipinski definition) is 11. The number of aliphatic imine (C=N–C) groups is 1. The highest BCUT2D eigenvalue weighted by Crippen LogP contribution is 2.50. The normalized spacial score (nSPS) is 27.8. The number of carbonyl (C=O) groups excluding carboxylic acids is 2. The number of nitrogens with zero attached hydrogens (tertiary/aromatic N) is 3. The third-order valence-electron chi connectivity index (χ3n) is 5.78. The molecule has 0 aliphatic carbocycles. The van der Waals surface area contributed by atoms with Crippen LogP contribution in [0.1, 0.15) is 27.0 Å². The van der Waals surface area contributed by atoms with Crippen LogP contribution in [0.5, 0.6) is 0 Å². The first-order valence-corrected chi connectivity index (χ1v) is 10.0. The van der Waals surface area contributed by atoms with E-state index in [1.807, 2.05) is 0 Å². The summed E-state index contributed by atoms with van der Waals surface area (Å²) in [4.78, 5) is 44.4. The summed E-state index contributed by atoms with van der Waals surface area (Å²) in [6.07, 6.45) is -0.236. The third kappa shape index (κ3) is 2.90. The molecule has 5 rings (SSSR count). The molecular formula is C20H21N5O7. The second-order valence-corrected chi connectivity index (χ2v) is 8.34. The minimum Gasteiger partial charge on any atom is -0.463 e. The lowest BCUT2D eigenvalue weighted by atomic mass is 9.96. The average molecular weight is 443 g/mol. The number of aromatic nitrogens is 2. The van der Waals surface area contributed by atoms with E-state index in [-0.39, 0.29) is 18.2 Å². The van der Waals surface area contributed by atoms with Gasteiger partial charge in [-0.25, -0.2) is 9.79 Å². The fraction of sp³-hybridized carbons (Fsp3) is 0.450. The monoisotopic (exact) mass is 443 g/mol. The Morgan fingerprint density at radius 1 is 1.41 bits per heavy atom. The minimum atomic E-state index is -1.23. The van der Waals surface area contributed by atoms with Gasteiger partial charge in [0.2, 0.25) is 0 Å². The number of esters is 1. The van der Waals surface area contributed by atoms with Crippen LogP contribution in [-0.4, -0.2) is 52.4 Å². The maximum atomic E-state index is 12.0. The van der Waals surface area contributed by atoms with Crippen molar-refractivity contribution >= 4 is 46.6 Å². The van der Waals surface area contributed by atoms with Gasteiger partial charge in [0.05, 0.1) is 17.6 Å². The smallest absolute Gasteiger partial charge is 0.463 e. The summed E-state index contributed by atoms with van der Waals surface area (Å²) >= 11 is 0. The molecular weight excluding hydrogens is 422 g/mol. The van der Waals surface area contributed by atoms with E-state index in [9.17, 15) is 14.4 Å². The second-order valence-electron chi connectivity index (χ2n) is 8.34. The molecule has 3 aliphatic rings. The highest BCUT2D eigenvalue weighted by molar-refractivity contribution is 6.10. The van der Waals surface area contributed by atoms with Crippen LogP contribution in [0, 0.1) is 5.92 Å². The van der Waals surface area contributed by atoms with Gasteiger partial charge in [0.15, 0.2) is 17.9 Å². The van der Waals surface area contributed by atoms with Gasteiger partial charge in [0.1, 0.15) is 24.3 Å². The number of nitrogen functional groups attached to an aromatic ring is 1. The molecule has 168 valence electrons. The van der Waals surface area contributed by atoms with Gasteiger partial charge in [-0.15, -0.1) is 0 Å². The Balaban J connectivity index is 1.60. The maximum absolute atomic E-state index is 12.0. The van der Waals surface area contributed by atoms with Gasteiger partial charge in [-0.3, -0.25) is 9.59 Å². The third-order valence-corrected chi connectivity index (χ3v) is 5.78. The molecule has 12 nitrogen and oxygen atoms in total. The lowest BCUT2D eigenvalue weighted by Gasteiger charge is -2.27. The average Bonchev–Trinajstić information content (AvgIpc) is 3.30. The van der Waals surface area contributed by atoms with Gasteiger partial charge in [-0.2, -0.15) is 4.98 Å². The molecule has 3 aliphatic heterocycles. The van der Waals surface area contributed by atoms with Crippen molar-refractivity contribution in [1.82, 2.24) is 9.55 Å². The van der Waals surface area contributed by atoms with Gasteiger partial charge in [0, 0.05) is 23.3 Å². The largest absolute Gasteiger partial charge is 0.509 e. The summed E-state index contributed by atoms with van der Waals surface area (Å²) in [5.74, 6) is -0.00282. The van der Waals surface area contributed by atoms with Crippen molar-refractivity contribution in [3.63, 3.8) is 0 Å². The quantitative estimate of drug-likeness (QED) is 0.663. The van der Waals surface area contributed by atoms with Gasteiger partial charge in [-0.05, 0) is 6.92 Å². The zero-order valence-corrected chi connectivity index (χ0v) is 17.5. The van der Waals surface area contributed by atoms with E-state index < -0.39 is 41.7 Å². The van der Waals surface area contributed by atoms with Gasteiger partial charge in [-0.1, -0.05) is 13.8 Å². The van der Waals surface area contributed by atoms with Gasteiger partial charge >= 0.3 is 12.1 Å². The molecule has 0 saturated carbocycles. The summed E-state index contributed by atoms with van der Waals surface area (Å²) in [7, 11) is 0. The van der Waals surface area contributed by atoms with E-state index >= 15 is 0 Å². The molecule has 4 atom stereocenters. The molecule has 0 amide bonds. The number of nitrogens with one attached hydrogen (secondary N) is 1. The van der Waals surface area contributed by atoms with Crippen molar-refractivity contribution < 1.29 is 28.5 Å². The SMILES string of the molecule is CC(C)C(=O)OC[C@H]1O[C@@H](n2cc3c(N)cc(=O)nc4c3c2N=CN4)[C@@]2(C)OC(=O)O[C@H]12. The van der Waals surface area contributed by atoms with Crippen LogP contribution in [0.2, 0.25) is 0 Å². The van der Waals surface area contributed by atoms with Crippen LogP contribution in [0.3, 0.4) is 0 Å². The van der Waals surface area contributed by atoms with Crippen LogP contribution in [0.4, 0.5) is 22.1 Å². The fourth-order valence-corrected chi connectivity index (χ4v) is 4.23. The molecule has 3 N–H and O–H groups in total. The molecule has 0 bridgehead atoms. The Morgan fingerprint density at radius 2 is 2.19 bits per heavy atom. The van der Waals surface area contributed by atoms with E-state index in [1.54, 1.807) is 31.5 Å². The van der Waals surface area contributed by atoms with Crippen molar-refractivity contribution in [1.29, 1.82) is 0 Å². The number of carbonyl (C=O) groups is 2. The van der Waals surface area contributed by atoms with Gasteiger partial charge < -0.3 is 34.6 Å². The van der Waals surface area contributed by atoms with E-state index in [0.717, 1.165) is 0 Å². The Kier molecular flexibility index (Phi) is 4.38. The number of rotatable bonds is 4. The van der Waals surface area contributed by atoms with Crippen LogP contribution in [0.25, 0.3) is 10.8 Å². The molecule has 2 aromatic heterocycles. The molecule has 32 heavy (non-hydrogen) atoms. The minimum absolute atomic E-state index is 0.116. The summed E-state index contributed by atoms with van der Waals surface area (Å²) < 4.78 is 24.1. The van der Waals surface area contributed by atoms with Crippen LogP contribution >= 0.6 is 0 Å². The molecule has 0 spiro atoms. The Bertz CT molecular complexity index is 1240. The van der Waals surface area contributed by atoms with Crippen molar-refractivity contribution in [2.45, 2.75) is 44.8 Å². The number of hydrogen-bond donors (Lipinski definition) is 2. The standard InChI is InChI=1S/C20H21N5O7/c1-8(2)17(27)29-6-11-14-20(3,32-19(28)31-14)18(30-11)25-5-9-10(21)4-12(26)24-15-13(9)16(25)23-7-22-15/h4-5,7-8,11,14,18H,6,21H2,1-3H3,(H,22,23,24,26)/t11-,14-,18-,20+/m1/s1. The lowest BCUT2D eigenvalue weighted by Crippen LogP contribution is -2.42. The number of nitrogens with two attached hydrogens (primary N) is 1. The van der Waals surface area contributed by atoms with Crippen LogP contribution < -0.4 is 16.6 Å². The topological polar surface area (TPSA) is 156 Å². The van der Waals surface area contributed by atoms with Crippen molar-refractivity contribution in [3.8, 4) is 0 Å². The van der Waals surface area contributed by atoms with Gasteiger partial charge in [0.25, 0.3) is 5.56 Å². The van der Waals surface area contributed by atoms with Crippen molar-refractivity contribution in [2.24, 2.45) is 10.9 Å². The van der Waals surface area contributed by atoms with E-state index in [1.165, 1.54) is 12.4 Å². The van der Waals surface area contributed by atoms with E-state index in [2.05, 4.69) is 15.3 Å². The predicted octanol–water partition coefficient (Wildman–Crippen LogP) is 1.45. The second kappa shape index (κ2) is 6.92. The first-order valence-electron chi connectivity index (χ1n) is 10.0. The Morgan fingerprint density at radius 3 is 2.94 bits per heavy atom. The van der Waals surface area contributed by atoms with Crippen molar-refractivity contribution in [2.75, 3.05) is 17.7 Å². The highest BCUT2D eigenvalue weighted by Gasteiger charge is 2.64. The first-order chi connectivity index (χ1) is 15.2. The zero-order valence-electron chi connectivity index (χ0n) is 17.5. The number of anilines is 2. The Hall–Kier alpha value is -3.67. The number of fused-ring (bicyclic) bond motifs is 1. The molecule has 12 heteroatoms. The van der Waals surface area contributed by atoms with Crippen molar-refractivity contribution in [3.05, 3.63) is 22.6 Å². The summed E-state index contributed by atoms with van der Waals surface area (Å²) in [5.41, 5.74) is 4.61. The van der Waals surface area contributed by atoms with E-state index in [0.29, 0.717) is 22.4 Å². The summed E-state index contributed by atoms with van der Waals surface area (Å²) in [5, 5.41) is 3.90.